The third-order valence-corrected chi connectivity index (χ3v) is 6.35. The predicted molar refractivity (Wildman–Crippen MR) is 90.9 cm³/mol. The molecule has 1 aliphatic carbocycles. The molecule has 0 unspecified atom stereocenters. The van der Waals surface area contributed by atoms with Gasteiger partial charge < -0.3 is 0 Å². The molecule has 0 fully saturated rings. The largest absolute Gasteiger partial charge is 0.0882 e. The van der Waals surface area contributed by atoms with Gasteiger partial charge in [0.2, 0.25) is 0 Å². The van der Waals surface area contributed by atoms with Crippen molar-refractivity contribution in [3.05, 3.63) is 23.3 Å². The number of hydrogen-bond donors (Lipinski definition) is 0. The Hall–Kier alpha value is 0.576. The molecule has 1 aliphatic rings. The van der Waals surface area contributed by atoms with Crippen molar-refractivity contribution in [3.8, 4) is 0 Å². The Morgan fingerprint density at radius 3 is 1.32 bits per heavy atom. The van der Waals surface area contributed by atoms with Crippen LogP contribution in [0.2, 0.25) is 51.4 Å². The molecule has 0 heterocycles. The molecule has 0 bridgehead atoms. The summed E-state index contributed by atoms with van der Waals surface area (Å²) in [4.78, 5) is 0. The first kappa shape index (κ1) is 19.6. The third-order valence-electron chi connectivity index (χ3n) is 3.38. The summed E-state index contributed by atoms with van der Waals surface area (Å²) in [6.07, 6.45) is 10.0. The zero-order valence-electron chi connectivity index (χ0n) is 13.7. The van der Waals surface area contributed by atoms with Gasteiger partial charge in [-0.25, -0.2) is 0 Å². The summed E-state index contributed by atoms with van der Waals surface area (Å²) in [7, 11) is -1.93. The van der Waals surface area contributed by atoms with Crippen LogP contribution in [0.15, 0.2) is 23.3 Å². The van der Waals surface area contributed by atoms with E-state index in [0.29, 0.717) is 0 Å². The summed E-state index contributed by atoms with van der Waals surface area (Å²) in [6.45, 7) is 15.1. The van der Waals surface area contributed by atoms with Crippen molar-refractivity contribution in [1.82, 2.24) is 0 Å². The molecule has 0 spiro atoms. The topological polar surface area (TPSA) is 0 Å². The van der Waals surface area contributed by atoms with Gasteiger partial charge in [-0.05, 0) is 37.8 Å². The van der Waals surface area contributed by atoms with Crippen molar-refractivity contribution >= 4 is 16.1 Å². The minimum atomic E-state index is -0.967. The Kier molecular flexibility index (Phi) is 8.37. The number of allylic oxidation sites excluding steroid dienone is 4. The maximum Gasteiger partial charge on any atom is 0.0483 e. The van der Waals surface area contributed by atoms with Gasteiger partial charge in [-0.1, -0.05) is 62.6 Å². The zero-order chi connectivity index (χ0) is 13.8. The van der Waals surface area contributed by atoms with Crippen molar-refractivity contribution < 1.29 is 20.4 Å². The van der Waals surface area contributed by atoms with Gasteiger partial charge in [-0.2, -0.15) is 0 Å². The molecule has 0 nitrogen and oxygen atoms in total. The van der Waals surface area contributed by atoms with Gasteiger partial charge in [0.1, 0.15) is 0 Å². The predicted octanol–water partition coefficient (Wildman–Crippen LogP) is 6.09. The quantitative estimate of drug-likeness (QED) is 0.405. The van der Waals surface area contributed by atoms with Crippen LogP contribution in [0.4, 0.5) is 0 Å². The van der Waals surface area contributed by atoms with Crippen molar-refractivity contribution in [1.29, 1.82) is 0 Å². The summed E-state index contributed by atoms with van der Waals surface area (Å²) in [5, 5.41) is 0. The maximum absolute atomic E-state index is 2.51. The second kappa shape index (κ2) is 8.12. The zero-order valence-corrected chi connectivity index (χ0v) is 17.3. The average molecular weight is 387 g/mol. The third kappa shape index (κ3) is 9.18. The Morgan fingerprint density at radius 2 is 1.05 bits per heavy atom. The van der Waals surface area contributed by atoms with E-state index in [-0.39, 0.29) is 20.4 Å². The Balaban J connectivity index is 0.00000324. The molecule has 0 aromatic heterocycles. The van der Waals surface area contributed by atoms with Gasteiger partial charge in [0, 0.05) is 36.6 Å². The van der Waals surface area contributed by atoms with Crippen molar-refractivity contribution in [2.24, 2.45) is 0 Å². The van der Waals surface area contributed by atoms with Gasteiger partial charge >= 0.3 is 0 Å². The van der Waals surface area contributed by atoms with E-state index in [9.17, 15) is 0 Å². The summed E-state index contributed by atoms with van der Waals surface area (Å²) in [6, 6.07) is 2.86. The Bertz CT molecular complexity index is 298. The van der Waals surface area contributed by atoms with E-state index in [1.165, 1.54) is 37.8 Å². The van der Waals surface area contributed by atoms with Crippen LogP contribution in [0.3, 0.4) is 0 Å². The fourth-order valence-corrected chi connectivity index (χ4v) is 6.23. The Morgan fingerprint density at radius 1 is 0.737 bits per heavy atom. The van der Waals surface area contributed by atoms with Crippen molar-refractivity contribution in [3.63, 3.8) is 0 Å². The van der Waals surface area contributed by atoms with E-state index in [4.69, 9.17) is 0 Å². The van der Waals surface area contributed by atoms with E-state index in [1.54, 1.807) is 0 Å². The van der Waals surface area contributed by atoms with Crippen LogP contribution in [0.25, 0.3) is 0 Å². The van der Waals surface area contributed by atoms with E-state index in [0.717, 1.165) is 0 Å². The molecule has 114 valence electrons. The van der Waals surface area contributed by atoms with Crippen LogP contribution in [0.1, 0.15) is 25.7 Å². The fourth-order valence-electron chi connectivity index (χ4n) is 2.81. The SMILES string of the molecule is C[Si](C)(C)CC1=C(C[Si](C)(C)C)CCC=CCC1.[Pd]. The molecule has 0 atom stereocenters. The van der Waals surface area contributed by atoms with E-state index in [2.05, 4.69) is 51.4 Å². The average Bonchev–Trinajstić information content (AvgIpc) is 2.12. The molecule has 0 saturated heterocycles. The maximum atomic E-state index is 2.51. The summed E-state index contributed by atoms with van der Waals surface area (Å²) < 4.78 is 0. The second-order valence-electron chi connectivity index (χ2n) is 8.23. The summed E-state index contributed by atoms with van der Waals surface area (Å²) >= 11 is 0. The monoisotopic (exact) mass is 386 g/mol. The van der Waals surface area contributed by atoms with Gasteiger partial charge in [0.15, 0.2) is 0 Å². The minimum absolute atomic E-state index is 0. The van der Waals surface area contributed by atoms with E-state index >= 15 is 0 Å². The smallest absolute Gasteiger partial charge is 0.0483 e. The van der Waals surface area contributed by atoms with Crippen molar-refractivity contribution in [2.45, 2.75) is 77.1 Å². The molecule has 1 rings (SSSR count). The molecule has 0 aromatic carbocycles. The van der Waals surface area contributed by atoms with Gasteiger partial charge in [-0.3, -0.25) is 0 Å². The normalized spacial score (nSPS) is 17.8. The fraction of sp³-hybridized carbons (Fsp3) is 0.750. The first-order valence-electron chi connectivity index (χ1n) is 7.52. The van der Waals surface area contributed by atoms with Crippen molar-refractivity contribution in [2.75, 3.05) is 0 Å². The number of hydrogen-bond acceptors (Lipinski definition) is 0. The molecule has 19 heavy (non-hydrogen) atoms. The van der Waals surface area contributed by atoms with Crippen LogP contribution in [0, 0.1) is 0 Å². The first-order valence-corrected chi connectivity index (χ1v) is 14.9. The molecular weight excluding hydrogens is 355 g/mol. The molecule has 0 aliphatic heterocycles. The molecule has 0 radical (unpaired) electrons. The van der Waals surface area contributed by atoms with Gasteiger partial charge in [0.05, 0.1) is 0 Å². The standard InChI is InChI=1S/C16H32Si2.Pd/c1-17(2,3)13-15-11-9-7-8-10-12-16(15)14-18(4,5)6;/h7-8H,9-14H2,1-6H3;. The summed E-state index contributed by atoms with van der Waals surface area (Å²) in [5.74, 6) is 0. The Labute approximate surface area is 136 Å². The second-order valence-corrected chi connectivity index (χ2v) is 19.2. The molecular formula is C16H32PdSi2. The molecule has 0 amide bonds. The van der Waals surface area contributed by atoms with E-state index < -0.39 is 16.1 Å². The molecule has 0 N–H and O–H groups in total. The van der Waals surface area contributed by atoms with Crippen LogP contribution < -0.4 is 0 Å². The first-order chi connectivity index (χ1) is 8.17. The summed E-state index contributed by atoms with van der Waals surface area (Å²) in [5.41, 5.74) is 3.70. The molecule has 0 saturated carbocycles. The number of rotatable bonds is 4. The van der Waals surface area contributed by atoms with Crippen LogP contribution >= 0.6 is 0 Å². The van der Waals surface area contributed by atoms with Crippen LogP contribution in [-0.4, -0.2) is 16.1 Å². The van der Waals surface area contributed by atoms with Gasteiger partial charge in [0.25, 0.3) is 0 Å². The minimum Gasteiger partial charge on any atom is -0.0882 e. The van der Waals surface area contributed by atoms with Crippen LogP contribution in [-0.2, 0) is 20.4 Å². The molecule has 0 aromatic rings. The van der Waals surface area contributed by atoms with Gasteiger partial charge in [-0.15, -0.1) is 0 Å². The van der Waals surface area contributed by atoms with Crippen LogP contribution in [0.5, 0.6) is 0 Å². The van der Waals surface area contributed by atoms with E-state index in [1.807, 2.05) is 11.1 Å². The molecule has 3 heteroatoms.